The topological polar surface area (TPSA) is 166 Å². The summed E-state index contributed by atoms with van der Waals surface area (Å²) in [6, 6.07) is 15.4. The van der Waals surface area contributed by atoms with E-state index in [-0.39, 0.29) is 72.7 Å². The Kier molecular flexibility index (Phi) is 15.0. The van der Waals surface area contributed by atoms with Crippen LogP contribution >= 0.6 is 0 Å². The van der Waals surface area contributed by atoms with Crippen molar-refractivity contribution >= 4 is 35.4 Å². The van der Waals surface area contributed by atoms with E-state index in [4.69, 9.17) is 0 Å². The van der Waals surface area contributed by atoms with Crippen LogP contribution in [0.25, 0.3) is 0 Å². The molecule has 0 radical (unpaired) electrons. The van der Waals surface area contributed by atoms with Crippen LogP contribution < -0.4 is 26.6 Å². The van der Waals surface area contributed by atoms with E-state index in [1.807, 2.05) is 18.2 Å². The summed E-state index contributed by atoms with van der Waals surface area (Å²) in [5, 5.41) is 14.6. The maximum absolute atomic E-state index is 13.7. The van der Waals surface area contributed by atoms with E-state index in [1.165, 1.54) is 17.7 Å². The maximum Gasteiger partial charge on any atom is 0.253 e. The Morgan fingerprint density at radius 3 is 2.00 bits per heavy atom. The van der Waals surface area contributed by atoms with Gasteiger partial charge in [-0.05, 0) is 61.9 Å². The van der Waals surface area contributed by atoms with Crippen molar-refractivity contribution in [1.82, 2.24) is 31.5 Å². The highest BCUT2D eigenvalue weighted by atomic mass is 16.2. The highest BCUT2D eigenvalue weighted by molar-refractivity contribution is 5.99. The monoisotopic (exact) mass is 742 g/mol. The number of carbonyl (C=O) groups is 6. The Morgan fingerprint density at radius 1 is 0.722 bits per heavy atom. The summed E-state index contributed by atoms with van der Waals surface area (Å²) in [6.07, 6.45) is 10.8. The lowest BCUT2D eigenvalue weighted by Gasteiger charge is -2.19. The Hall–Kier alpha value is -4.74. The number of hydrogen-bond donors (Lipinski definition) is 5. The number of nitrogens with one attached hydrogen (secondary N) is 5. The lowest BCUT2D eigenvalue weighted by molar-refractivity contribution is -0.133. The predicted octanol–water partition coefficient (Wildman–Crippen LogP) is 4.21. The SMILES string of the molecule is CCCCCCNC(=O)[C@@H](CNC(=O)c1ccc(C(=O)N2C[C@@H](C(=O)NC3CC3)[C@H](C(=O)N[C@H]3C[C@@H]3c3ccccc3)C2)cc1)NC(=O)CCCCCC. The van der Waals surface area contributed by atoms with E-state index in [1.54, 1.807) is 17.0 Å². The van der Waals surface area contributed by atoms with Gasteiger partial charge in [-0.2, -0.15) is 0 Å². The first kappa shape index (κ1) is 40.4. The van der Waals surface area contributed by atoms with Crippen LogP contribution in [-0.4, -0.2) is 84.6 Å². The maximum atomic E-state index is 13.7. The van der Waals surface area contributed by atoms with Gasteiger partial charge in [0.2, 0.25) is 23.6 Å². The third-order valence-electron chi connectivity index (χ3n) is 10.6. The van der Waals surface area contributed by atoms with Crippen molar-refractivity contribution in [3.8, 4) is 0 Å². The molecular weight excluding hydrogens is 684 g/mol. The van der Waals surface area contributed by atoms with Crippen molar-refractivity contribution in [2.45, 2.75) is 115 Å². The van der Waals surface area contributed by atoms with E-state index in [0.29, 0.717) is 18.5 Å². The van der Waals surface area contributed by atoms with Gasteiger partial charge in [0.15, 0.2) is 0 Å². The van der Waals surface area contributed by atoms with E-state index in [9.17, 15) is 28.8 Å². The fourth-order valence-electron chi connectivity index (χ4n) is 7.07. The molecular formula is C42H58N6O6. The summed E-state index contributed by atoms with van der Waals surface area (Å²) in [5.41, 5.74) is 1.79. The lowest BCUT2D eigenvalue weighted by Crippen LogP contribution is -2.52. The summed E-state index contributed by atoms with van der Waals surface area (Å²) < 4.78 is 0. The fraction of sp³-hybridized carbons (Fsp3) is 0.571. The summed E-state index contributed by atoms with van der Waals surface area (Å²) in [4.78, 5) is 80.9. The molecule has 1 saturated heterocycles. The molecule has 54 heavy (non-hydrogen) atoms. The molecule has 2 aromatic rings. The van der Waals surface area contributed by atoms with Gasteiger partial charge >= 0.3 is 0 Å². The molecule has 5 N–H and O–H groups in total. The van der Waals surface area contributed by atoms with E-state index in [0.717, 1.165) is 70.6 Å². The molecule has 3 fully saturated rings. The normalized spacial score (nSPS) is 20.7. The first-order chi connectivity index (χ1) is 26.2. The van der Waals surface area contributed by atoms with Crippen molar-refractivity contribution in [3.63, 3.8) is 0 Å². The van der Waals surface area contributed by atoms with E-state index >= 15 is 0 Å². The van der Waals surface area contributed by atoms with Crippen LogP contribution in [0.1, 0.15) is 123 Å². The molecule has 6 amide bonds. The number of nitrogens with zero attached hydrogens (tertiary/aromatic N) is 1. The minimum absolute atomic E-state index is 0.00233. The number of amides is 6. The van der Waals surface area contributed by atoms with Gasteiger partial charge in [0.1, 0.15) is 6.04 Å². The Balaban J connectivity index is 1.16. The van der Waals surface area contributed by atoms with Gasteiger partial charge in [-0.1, -0.05) is 82.7 Å². The zero-order chi connectivity index (χ0) is 38.5. The number of carbonyl (C=O) groups excluding carboxylic acids is 6. The van der Waals surface area contributed by atoms with Gasteiger partial charge in [0, 0.05) is 61.7 Å². The number of rotatable bonds is 21. The van der Waals surface area contributed by atoms with E-state index in [2.05, 4.69) is 52.6 Å². The molecule has 3 aliphatic rings. The van der Waals surface area contributed by atoms with Gasteiger partial charge in [0.05, 0.1) is 11.8 Å². The van der Waals surface area contributed by atoms with Crippen molar-refractivity contribution < 1.29 is 28.8 Å². The average molecular weight is 743 g/mol. The zero-order valence-corrected chi connectivity index (χ0v) is 31.9. The minimum atomic E-state index is -0.922. The van der Waals surface area contributed by atoms with Gasteiger partial charge in [-0.15, -0.1) is 0 Å². The first-order valence-corrected chi connectivity index (χ1v) is 20.1. The Labute approximate surface area is 319 Å². The second kappa shape index (κ2) is 20.1. The first-order valence-electron chi connectivity index (χ1n) is 20.1. The molecule has 0 unspecified atom stereocenters. The van der Waals surface area contributed by atoms with E-state index < -0.39 is 23.8 Å². The molecule has 12 heteroatoms. The fourth-order valence-corrected chi connectivity index (χ4v) is 7.07. The molecule has 2 aromatic carbocycles. The molecule has 12 nitrogen and oxygen atoms in total. The quantitative estimate of drug-likeness (QED) is 0.120. The molecule has 2 saturated carbocycles. The molecule has 5 atom stereocenters. The van der Waals surface area contributed by atoms with Crippen molar-refractivity contribution in [2.75, 3.05) is 26.2 Å². The van der Waals surface area contributed by atoms with Crippen LogP contribution in [0.4, 0.5) is 0 Å². The number of hydrogen-bond acceptors (Lipinski definition) is 6. The Morgan fingerprint density at radius 2 is 1.35 bits per heavy atom. The third kappa shape index (κ3) is 11.9. The van der Waals surface area contributed by atoms with Crippen molar-refractivity contribution in [1.29, 1.82) is 0 Å². The molecule has 292 valence electrons. The van der Waals surface area contributed by atoms with Gasteiger partial charge in [-0.25, -0.2) is 0 Å². The second-order valence-electron chi connectivity index (χ2n) is 15.1. The standard InChI is InChI=1S/C42H58N6O6/c1-3-5-7-12-16-37(49)46-36(41(53)43-23-13-8-6-4-2)25-44-38(50)29-17-19-30(20-18-29)42(54)48-26-33(39(51)45-31-21-22-31)34(27-48)40(52)47-35-24-32(35)28-14-10-9-11-15-28/h9-11,14-15,17-20,31-36H,3-8,12-13,16,21-27H2,1-2H3,(H,43,53)(H,44,50)(H,45,51)(H,46,49)(H,47,52)/t32-,33-,34-,35+,36-/m1/s1. The highest BCUT2D eigenvalue weighted by Crippen LogP contribution is 2.41. The summed E-state index contributed by atoms with van der Waals surface area (Å²) in [6.45, 7) is 4.86. The van der Waals surface area contributed by atoms with Crippen LogP contribution in [0.15, 0.2) is 54.6 Å². The van der Waals surface area contributed by atoms with Gasteiger partial charge in [-0.3, -0.25) is 28.8 Å². The highest BCUT2D eigenvalue weighted by Gasteiger charge is 2.47. The molecule has 5 rings (SSSR count). The van der Waals surface area contributed by atoms with Crippen LogP contribution in [0, 0.1) is 11.8 Å². The average Bonchev–Trinajstić information content (AvgIpc) is 4.11. The number of unbranched alkanes of at least 4 members (excludes halogenated alkanes) is 6. The predicted molar refractivity (Wildman–Crippen MR) is 206 cm³/mol. The zero-order valence-electron chi connectivity index (χ0n) is 31.9. The summed E-state index contributed by atoms with van der Waals surface area (Å²) in [5.74, 6) is -2.86. The molecule has 2 aliphatic carbocycles. The molecule has 0 bridgehead atoms. The molecule has 1 heterocycles. The summed E-state index contributed by atoms with van der Waals surface area (Å²) in [7, 11) is 0. The van der Waals surface area contributed by atoms with Crippen molar-refractivity contribution in [3.05, 3.63) is 71.3 Å². The minimum Gasteiger partial charge on any atom is -0.354 e. The number of benzene rings is 2. The van der Waals surface area contributed by atoms with Crippen molar-refractivity contribution in [2.24, 2.45) is 11.8 Å². The number of likely N-dealkylation sites (tertiary alicyclic amines) is 1. The smallest absolute Gasteiger partial charge is 0.253 e. The van der Waals surface area contributed by atoms with Gasteiger partial charge < -0.3 is 31.5 Å². The van der Waals surface area contributed by atoms with Crippen LogP contribution in [0.3, 0.4) is 0 Å². The van der Waals surface area contributed by atoms with Crippen LogP contribution in [-0.2, 0) is 19.2 Å². The largest absolute Gasteiger partial charge is 0.354 e. The molecule has 1 aliphatic heterocycles. The third-order valence-corrected chi connectivity index (χ3v) is 10.6. The van der Waals surface area contributed by atoms with Crippen LogP contribution in [0.5, 0.6) is 0 Å². The lowest BCUT2D eigenvalue weighted by atomic mass is 9.94. The molecule has 0 spiro atoms. The van der Waals surface area contributed by atoms with Gasteiger partial charge in [0.25, 0.3) is 11.8 Å². The second-order valence-corrected chi connectivity index (χ2v) is 15.1. The van der Waals surface area contributed by atoms with Crippen LogP contribution in [0.2, 0.25) is 0 Å². The molecule has 0 aromatic heterocycles. The summed E-state index contributed by atoms with van der Waals surface area (Å²) >= 11 is 0. The Bertz CT molecular complexity index is 1600.